The number of rotatable bonds is 4. The zero-order valence-electron chi connectivity index (χ0n) is 19.2. The topological polar surface area (TPSA) is 63.0 Å². The van der Waals surface area contributed by atoms with Crippen LogP contribution in [0.5, 0.6) is 5.75 Å². The molecule has 1 aromatic carbocycles. The third-order valence-corrected chi connectivity index (χ3v) is 7.86. The first-order chi connectivity index (χ1) is 16.4. The van der Waals surface area contributed by atoms with Gasteiger partial charge in [-0.3, -0.25) is 9.69 Å². The Kier molecular flexibility index (Phi) is 5.26. The highest BCUT2D eigenvalue weighted by Crippen LogP contribution is 2.41. The smallest absolute Gasteiger partial charge is 0.258 e. The fourth-order valence-electron chi connectivity index (χ4n) is 6.16. The van der Waals surface area contributed by atoms with E-state index in [0.717, 1.165) is 30.6 Å². The summed E-state index contributed by atoms with van der Waals surface area (Å²) in [5.41, 5.74) is 2.78. The van der Waals surface area contributed by atoms with Crippen molar-refractivity contribution in [1.29, 1.82) is 0 Å². The van der Waals surface area contributed by atoms with Crippen molar-refractivity contribution in [3.05, 3.63) is 58.3 Å². The molecule has 2 fully saturated rings. The van der Waals surface area contributed by atoms with Crippen LogP contribution < -0.4 is 4.74 Å². The number of ether oxygens (including phenoxy) is 1. The van der Waals surface area contributed by atoms with Crippen molar-refractivity contribution >= 4 is 23.2 Å². The van der Waals surface area contributed by atoms with Gasteiger partial charge in [-0.2, -0.15) is 5.10 Å². The number of piperidine rings is 1. The number of nitrogens with zero attached hydrogens (tertiary/aromatic N) is 5. The molecule has 5 heterocycles. The molecule has 0 aliphatic carbocycles. The number of carbonyl (C=O) groups excluding carboxylic acids is 1. The van der Waals surface area contributed by atoms with Crippen molar-refractivity contribution in [2.24, 2.45) is 5.92 Å². The molecule has 0 radical (unpaired) electrons. The Labute approximate surface area is 202 Å². The first kappa shape index (κ1) is 21.8. The minimum Gasteiger partial charge on any atom is -0.489 e. The van der Waals surface area contributed by atoms with Crippen LogP contribution in [0.25, 0.3) is 5.65 Å². The molecule has 0 spiro atoms. The van der Waals surface area contributed by atoms with Gasteiger partial charge in [-0.05, 0) is 37.4 Å². The van der Waals surface area contributed by atoms with E-state index in [4.69, 9.17) is 16.3 Å². The second kappa shape index (κ2) is 8.20. The van der Waals surface area contributed by atoms with E-state index in [1.54, 1.807) is 21.8 Å². The van der Waals surface area contributed by atoms with Crippen LogP contribution in [0.3, 0.4) is 0 Å². The summed E-state index contributed by atoms with van der Waals surface area (Å²) in [5, 5.41) is 5.04. The number of hydrogen-bond acceptors (Lipinski definition) is 5. The fourth-order valence-corrected chi connectivity index (χ4v) is 6.30. The number of carbonyl (C=O) groups is 1. The third-order valence-electron chi connectivity index (χ3n) is 7.66. The standard InChI is InChI=1S/C25H27ClFN5O2/c1-3-31-17-6-14(2)22(31)9-18(8-17)34-23-7-16(27)4-5-19(23)25(33)30-12-20-21(13-30)29-32-11-15(26)10-28-24(20)32/h4-5,7,10-11,14,17-18,22H,3,6,8-9,12-13H2,1-2H3/t14-,17+,18-,22+/m1/s1. The van der Waals surface area contributed by atoms with E-state index >= 15 is 0 Å². The maximum absolute atomic E-state index is 14.2. The van der Waals surface area contributed by atoms with Crippen LogP contribution in [0.15, 0.2) is 30.6 Å². The summed E-state index contributed by atoms with van der Waals surface area (Å²) in [6, 6.07) is 5.17. The van der Waals surface area contributed by atoms with Gasteiger partial charge in [0.15, 0.2) is 5.65 Å². The van der Waals surface area contributed by atoms with Crippen LogP contribution >= 0.6 is 11.6 Å². The molecule has 3 aliphatic rings. The average molecular weight is 484 g/mol. The normalized spacial score (nSPS) is 26.3. The van der Waals surface area contributed by atoms with Gasteiger partial charge in [0.05, 0.1) is 35.6 Å². The molecular weight excluding hydrogens is 457 g/mol. The maximum Gasteiger partial charge on any atom is 0.258 e. The van der Waals surface area contributed by atoms with Gasteiger partial charge in [-0.15, -0.1) is 0 Å². The molecule has 0 unspecified atom stereocenters. The van der Waals surface area contributed by atoms with Crippen molar-refractivity contribution in [3.63, 3.8) is 0 Å². The predicted molar refractivity (Wildman–Crippen MR) is 125 cm³/mol. The van der Waals surface area contributed by atoms with Crippen molar-refractivity contribution in [1.82, 2.24) is 24.4 Å². The van der Waals surface area contributed by atoms with Gasteiger partial charge in [0.2, 0.25) is 0 Å². The van der Waals surface area contributed by atoms with Crippen LogP contribution in [-0.2, 0) is 13.1 Å². The maximum atomic E-state index is 14.2. The van der Waals surface area contributed by atoms with Gasteiger partial charge in [-0.1, -0.05) is 25.4 Å². The van der Waals surface area contributed by atoms with Crippen molar-refractivity contribution < 1.29 is 13.9 Å². The molecular formula is C25H27ClFN5O2. The number of aromatic nitrogens is 3. The van der Waals surface area contributed by atoms with Crippen molar-refractivity contribution in [3.8, 4) is 5.75 Å². The average Bonchev–Trinajstić information content (AvgIpc) is 3.41. The number of amides is 1. The molecule has 34 heavy (non-hydrogen) atoms. The van der Waals surface area contributed by atoms with Crippen LogP contribution in [0.1, 0.15) is 54.7 Å². The van der Waals surface area contributed by atoms with Crippen LogP contribution in [-0.4, -0.2) is 55.0 Å². The molecule has 3 aliphatic heterocycles. The van der Waals surface area contributed by atoms with E-state index in [-0.39, 0.29) is 12.0 Å². The second-order valence-electron chi connectivity index (χ2n) is 9.74. The molecule has 3 aromatic rings. The van der Waals surface area contributed by atoms with Crippen molar-refractivity contribution in [2.75, 3.05) is 6.54 Å². The van der Waals surface area contributed by atoms with Gasteiger partial charge >= 0.3 is 0 Å². The van der Waals surface area contributed by atoms with E-state index < -0.39 is 5.82 Å². The number of hydrogen-bond donors (Lipinski definition) is 0. The summed E-state index contributed by atoms with van der Waals surface area (Å²) in [6.07, 6.45) is 6.23. The Morgan fingerprint density at radius 2 is 2.12 bits per heavy atom. The summed E-state index contributed by atoms with van der Waals surface area (Å²) in [6.45, 7) is 6.30. The van der Waals surface area contributed by atoms with Gasteiger partial charge in [0, 0.05) is 36.3 Å². The Morgan fingerprint density at radius 1 is 1.26 bits per heavy atom. The molecule has 4 atom stereocenters. The third kappa shape index (κ3) is 3.55. The number of benzene rings is 1. The Balaban J connectivity index is 1.23. The predicted octanol–water partition coefficient (Wildman–Crippen LogP) is 4.32. The Morgan fingerprint density at radius 3 is 2.91 bits per heavy atom. The highest BCUT2D eigenvalue weighted by Gasteiger charge is 2.45. The van der Waals surface area contributed by atoms with Gasteiger partial charge < -0.3 is 9.64 Å². The summed E-state index contributed by atoms with van der Waals surface area (Å²) in [7, 11) is 0. The van der Waals surface area contributed by atoms with Crippen LogP contribution in [0.2, 0.25) is 5.02 Å². The summed E-state index contributed by atoms with van der Waals surface area (Å²) in [5.74, 6) is 0.355. The first-order valence-electron chi connectivity index (χ1n) is 11.9. The van der Waals surface area contributed by atoms with Gasteiger partial charge in [0.25, 0.3) is 5.91 Å². The van der Waals surface area contributed by atoms with Crippen molar-refractivity contribution in [2.45, 2.75) is 64.4 Å². The lowest BCUT2D eigenvalue weighted by molar-refractivity contribution is 0.0459. The molecule has 0 saturated carbocycles. The summed E-state index contributed by atoms with van der Waals surface area (Å²) >= 11 is 6.02. The lowest BCUT2D eigenvalue weighted by atomic mass is 9.97. The molecule has 1 amide bonds. The minimum absolute atomic E-state index is 0.0231. The lowest BCUT2D eigenvalue weighted by Crippen LogP contribution is -2.47. The Bertz CT molecular complexity index is 1280. The highest BCUT2D eigenvalue weighted by atomic mass is 35.5. The van der Waals surface area contributed by atoms with Crippen LogP contribution in [0.4, 0.5) is 4.39 Å². The van der Waals surface area contributed by atoms with E-state index in [2.05, 4.69) is 28.8 Å². The zero-order chi connectivity index (χ0) is 23.6. The number of fused-ring (bicyclic) bond motifs is 5. The fraction of sp³-hybridized carbons (Fsp3) is 0.480. The molecule has 9 heteroatoms. The molecule has 6 rings (SSSR count). The van der Waals surface area contributed by atoms with E-state index in [1.807, 2.05) is 0 Å². The number of halogens is 2. The summed E-state index contributed by atoms with van der Waals surface area (Å²) < 4.78 is 22.2. The lowest BCUT2D eigenvalue weighted by Gasteiger charge is -2.39. The monoisotopic (exact) mass is 483 g/mol. The van der Waals surface area contributed by atoms with Gasteiger partial charge in [-0.25, -0.2) is 13.9 Å². The molecule has 2 saturated heterocycles. The van der Waals surface area contributed by atoms with Gasteiger partial charge in [0.1, 0.15) is 17.7 Å². The molecule has 2 aromatic heterocycles. The molecule has 2 bridgehead atoms. The largest absolute Gasteiger partial charge is 0.489 e. The second-order valence-corrected chi connectivity index (χ2v) is 10.2. The molecule has 0 N–H and O–H groups in total. The summed E-state index contributed by atoms with van der Waals surface area (Å²) in [4.78, 5) is 22.2. The first-order valence-corrected chi connectivity index (χ1v) is 12.3. The zero-order valence-corrected chi connectivity index (χ0v) is 20.0. The molecule has 7 nitrogen and oxygen atoms in total. The quantitative estimate of drug-likeness (QED) is 0.553. The SMILES string of the molecule is CCN1[C@@H]2C[C@@H](Oc3cc(F)ccc3C(=O)N3Cc4nn5cc(Cl)cnc5c4C3)C[C@H]1[C@H](C)C2. The highest BCUT2D eigenvalue weighted by molar-refractivity contribution is 6.30. The van der Waals surface area contributed by atoms with E-state index in [9.17, 15) is 9.18 Å². The molecule has 178 valence electrons. The van der Waals surface area contributed by atoms with E-state index in [0.29, 0.717) is 53.1 Å². The van der Waals surface area contributed by atoms with Crippen LogP contribution in [0, 0.1) is 11.7 Å². The Hall–Kier alpha value is -2.71. The minimum atomic E-state index is -0.405. The van der Waals surface area contributed by atoms with E-state index in [1.165, 1.54) is 24.6 Å².